The fraction of sp³-hybridized carbons (Fsp3) is 0.200. The number of ether oxygens (including phenoxy) is 1. The molecule has 0 heterocycles. The molecule has 0 aliphatic rings. The van der Waals surface area contributed by atoms with E-state index in [1.807, 2.05) is 43.4 Å². The van der Waals surface area contributed by atoms with E-state index in [4.69, 9.17) is 16.3 Å². The Labute approximate surface area is 140 Å². The highest BCUT2D eigenvalue weighted by atomic mass is 79.9. The Balaban J connectivity index is 2.24. The molecule has 1 N–H and O–H groups in total. The second-order valence-corrected chi connectivity index (χ2v) is 6.55. The van der Waals surface area contributed by atoms with Crippen LogP contribution < -0.4 is 10.1 Å². The van der Waals surface area contributed by atoms with Crippen molar-refractivity contribution in [1.29, 1.82) is 0 Å². The molecule has 2 nitrogen and oxygen atoms in total. The van der Waals surface area contributed by atoms with Gasteiger partial charge in [0, 0.05) is 15.5 Å². The van der Waals surface area contributed by atoms with Crippen molar-refractivity contribution in [2.24, 2.45) is 0 Å². The van der Waals surface area contributed by atoms with Gasteiger partial charge in [0.05, 0.1) is 4.47 Å². The van der Waals surface area contributed by atoms with Gasteiger partial charge in [-0.3, -0.25) is 0 Å². The van der Waals surface area contributed by atoms with Crippen LogP contribution in [0.1, 0.15) is 18.5 Å². The Kier molecular flexibility index (Phi) is 5.49. The van der Waals surface area contributed by atoms with Gasteiger partial charge >= 0.3 is 0 Å². The molecule has 0 radical (unpaired) electrons. The van der Waals surface area contributed by atoms with Crippen LogP contribution in [0.25, 0.3) is 0 Å². The molecule has 0 saturated heterocycles. The predicted octanol–water partition coefficient (Wildman–Crippen LogP) is 5.94. The van der Waals surface area contributed by atoms with Crippen LogP contribution >= 0.6 is 43.5 Å². The highest BCUT2D eigenvalue weighted by Crippen LogP contribution is 2.34. The van der Waals surface area contributed by atoms with Crippen molar-refractivity contribution >= 4 is 43.5 Å². The van der Waals surface area contributed by atoms with E-state index < -0.39 is 0 Å². The van der Waals surface area contributed by atoms with Gasteiger partial charge < -0.3 is 10.1 Å². The van der Waals surface area contributed by atoms with Gasteiger partial charge in [-0.2, -0.15) is 0 Å². The number of nitrogens with one attached hydrogen (secondary N) is 1. The van der Waals surface area contributed by atoms with Gasteiger partial charge in [-0.25, -0.2) is 0 Å². The quantitative estimate of drug-likeness (QED) is 0.662. The summed E-state index contributed by atoms with van der Waals surface area (Å²) >= 11 is 13.2. The van der Waals surface area contributed by atoms with Gasteiger partial charge in [-0.1, -0.05) is 33.6 Å². The molecule has 0 aromatic heterocycles. The number of halogens is 3. The molecule has 0 saturated carbocycles. The van der Waals surface area contributed by atoms with Crippen molar-refractivity contribution in [3.8, 4) is 11.5 Å². The predicted molar refractivity (Wildman–Crippen MR) is 90.8 cm³/mol. The molecule has 2 aromatic rings. The van der Waals surface area contributed by atoms with Crippen LogP contribution in [0.4, 0.5) is 0 Å². The Bertz CT molecular complexity index is 619. The van der Waals surface area contributed by atoms with Crippen LogP contribution in [0.5, 0.6) is 11.5 Å². The van der Waals surface area contributed by atoms with Crippen molar-refractivity contribution in [3.63, 3.8) is 0 Å². The first-order valence-corrected chi connectivity index (χ1v) is 8.07. The van der Waals surface area contributed by atoms with Crippen LogP contribution in [0, 0.1) is 0 Å². The van der Waals surface area contributed by atoms with E-state index in [0.29, 0.717) is 10.8 Å². The fourth-order valence-electron chi connectivity index (χ4n) is 1.76. The number of hydrogen-bond donors (Lipinski definition) is 1. The average molecular weight is 420 g/mol. The third kappa shape index (κ3) is 3.76. The summed E-state index contributed by atoms with van der Waals surface area (Å²) in [6.07, 6.45) is 0. The molecule has 20 heavy (non-hydrogen) atoms. The van der Waals surface area contributed by atoms with Crippen LogP contribution in [0.3, 0.4) is 0 Å². The molecule has 0 aliphatic carbocycles. The molecule has 0 spiro atoms. The van der Waals surface area contributed by atoms with Gasteiger partial charge in [0.1, 0.15) is 11.5 Å². The fourth-order valence-corrected chi connectivity index (χ4v) is 3.23. The molecule has 2 aromatic carbocycles. The van der Waals surface area contributed by atoms with Gasteiger partial charge in [0.15, 0.2) is 0 Å². The second kappa shape index (κ2) is 6.94. The van der Waals surface area contributed by atoms with E-state index in [0.717, 1.165) is 20.3 Å². The van der Waals surface area contributed by atoms with E-state index in [2.05, 4.69) is 44.1 Å². The zero-order valence-corrected chi connectivity index (χ0v) is 15.0. The van der Waals surface area contributed by atoms with E-state index in [1.165, 1.54) is 0 Å². The van der Waals surface area contributed by atoms with Crippen molar-refractivity contribution in [1.82, 2.24) is 5.32 Å². The topological polar surface area (TPSA) is 21.3 Å². The highest BCUT2D eigenvalue weighted by Gasteiger charge is 2.10. The largest absolute Gasteiger partial charge is 0.456 e. The molecule has 1 atom stereocenters. The Morgan fingerprint density at radius 3 is 2.50 bits per heavy atom. The Morgan fingerprint density at radius 1 is 1.15 bits per heavy atom. The summed E-state index contributed by atoms with van der Waals surface area (Å²) < 4.78 is 7.72. The Morgan fingerprint density at radius 2 is 1.90 bits per heavy atom. The Hall–Kier alpha value is -0.550. The second-order valence-electron chi connectivity index (χ2n) is 4.37. The van der Waals surface area contributed by atoms with E-state index in [9.17, 15) is 0 Å². The molecular weight excluding hydrogens is 405 g/mol. The molecule has 5 heteroatoms. The summed E-state index contributed by atoms with van der Waals surface area (Å²) in [5.41, 5.74) is 1.05. The summed E-state index contributed by atoms with van der Waals surface area (Å²) in [7, 11) is 1.91. The zero-order chi connectivity index (χ0) is 14.7. The van der Waals surface area contributed by atoms with Gasteiger partial charge in [-0.15, -0.1) is 0 Å². The van der Waals surface area contributed by atoms with Gasteiger partial charge in [0.2, 0.25) is 0 Å². The molecular formula is C15H14Br2ClNO. The van der Waals surface area contributed by atoms with Crippen LogP contribution in [-0.4, -0.2) is 7.05 Å². The first-order valence-electron chi connectivity index (χ1n) is 6.11. The maximum Gasteiger partial charge on any atom is 0.141 e. The molecule has 0 bridgehead atoms. The SMILES string of the molecule is CNC(C)c1ccc(Oc2ccc(Br)cc2Br)cc1Cl. The van der Waals surface area contributed by atoms with Crippen LogP contribution in [0.2, 0.25) is 5.02 Å². The van der Waals surface area contributed by atoms with Crippen molar-refractivity contribution in [2.75, 3.05) is 7.05 Å². The minimum absolute atomic E-state index is 0.205. The van der Waals surface area contributed by atoms with Crippen LogP contribution in [0.15, 0.2) is 45.3 Å². The van der Waals surface area contributed by atoms with E-state index in [1.54, 1.807) is 0 Å². The zero-order valence-electron chi connectivity index (χ0n) is 11.1. The maximum absolute atomic E-state index is 6.30. The standard InChI is InChI=1S/C15H14Br2ClNO/c1-9(19-2)12-5-4-11(8-14(12)18)20-15-6-3-10(16)7-13(15)17/h3-9,19H,1-2H3. The smallest absolute Gasteiger partial charge is 0.141 e. The lowest BCUT2D eigenvalue weighted by atomic mass is 10.1. The third-order valence-electron chi connectivity index (χ3n) is 2.99. The van der Waals surface area contributed by atoms with Crippen molar-refractivity contribution < 1.29 is 4.74 Å². The normalized spacial score (nSPS) is 12.2. The van der Waals surface area contributed by atoms with E-state index >= 15 is 0 Å². The summed E-state index contributed by atoms with van der Waals surface area (Å²) in [4.78, 5) is 0. The first kappa shape index (κ1) is 15.8. The summed E-state index contributed by atoms with van der Waals surface area (Å²) in [6.45, 7) is 2.06. The molecule has 0 amide bonds. The maximum atomic E-state index is 6.30. The molecule has 0 fully saturated rings. The lowest BCUT2D eigenvalue weighted by molar-refractivity contribution is 0.479. The average Bonchev–Trinajstić information content (AvgIpc) is 2.41. The number of rotatable bonds is 4. The first-order chi connectivity index (χ1) is 9.51. The minimum atomic E-state index is 0.205. The van der Waals surface area contributed by atoms with Crippen LogP contribution in [-0.2, 0) is 0 Å². The monoisotopic (exact) mass is 417 g/mol. The number of benzene rings is 2. The highest BCUT2D eigenvalue weighted by molar-refractivity contribution is 9.11. The lowest BCUT2D eigenvalue weighted by Crippen LogP contribution is -2.12. The minimum Gasteiger partial charge on any atom is -0.456 e. The van der Waals surface area contributed by atoms with Gasteiger partial charge in [0.25, 0.3) is 0 Å². The molecule has 0 aliphatic heterocycles. The lowest BCUT2D eigenvalue weighted by Gasteiger charge is -2.14. The molecule has 2 rings (SSSR count). The summed E-state index contributed by atoms with van der Waals surface area (Å²) in [5, 5.41) is 3.86. The summed E-state index contributed by atoms with van der Waals surface area (Å²) in [5.74, 6) is 1.46. The summed E-state index contributed by atoms with van der Waals surface area (Å²) in [6, 6.07) is 11.7. The molecule has 106 valence electrons. The van der Waals surface area contributed by atoms with E-state index in [-0.39, 0.29) is 6.04 Å². The van der Waals surface area contributed by atoms with Gasteiger partial charge in [-0.05, 0) is 65.8 Å². The number of hydrogen-bond acceptors (Lipinski definition) is 2. The van der Waals surface area contributed by atoms with Crippen molar-refractivity contribution in [2.45, 2.75) is 13.0 Å². The van der Waals surface area contributed by atoms with Crippen molar-refractivity contribution in [3.05, 3.63) is 55.9 Å². The molecule has 1 unspecified atom stereocenters. The third-order valence-corrected chi connectivity index (χ3v) is 4.43.